The molecular weight excluding hydrogens is 302 g/mol. The molecular formula is C19H29N3O2. The van der Waals surface area contributed by atoms with Crippen LogP contribution in [-0.4, -0.2) is 52.9 Å². The van der Waals surface area contributed by atoms with Crippen molar-refractivity contribution in [1.29, 1.82) is 0 Å². The van der Waals surface area contributed by atoms with Gasteiger partial charge in [0, 0.05) is 44.4 Å². The monoisotopic (exact) mass is 331 g/mol. The van der Waals surface area contributed by atoms with E-state index < -0.39 is 0 Å². The number of rotatable bonds is 5. The first-order valence-electron chi connectivity index (χ1n) is 9.35. The molecule has 1 amide bonds. The van der Waals surface area contributed by atoms with E-state index in [0.29, 0.717) is 24.3 Å². The van der Waals surface area contributed by atoms with E-state index in [0.717, 1.165) is 45.3 Å². The molecule has 0 spiro atoms. The van der Waals surface area contributed by atoms with E-state index in [9.17, 15) is 9.59 Å². The second-order valence-corrected chi connectivity index (χ2v) is 7.28. The molecule has 1 atom stereocenters. The molecule has 2 aliphatic rings. The van der Waals surface area contributed by atoms with Crippen molar-refractivity contribution in [2.45, 2.75) is 51.5 Å². The Morgan fingerprint density at radius 1 is 1.21 bits per heavy atom. The van der Waals surface area contributed by atoms with Crippen molar-refractivity contribution >= 4 is 5.91 Å². The summed E-state index contributed by atoms with van der Waals surface area (Å²) in [5.74, 6) is 1.00. The minimum absolute atomic E-state index is 0.0313. The Morgan fingerprint density at radius 3 is 2.67 bits per heavy atom. The molecule has 1 aromatic heterocycles. The molecule has 0 bridgehead atoms. The van der Waals surface area contributed by atoms with Crippen LogP contribution >= 0.6 is 0 Å². The maximum absolute atomic E-state index is 12.0. The summed E-state index contributed by atoms with van der Waals surface area (Å²) in [6, 6.07) is 4.20. The van der Waals surface area contributed by atoms with E-state index in [1.807, 2.05) is 17.2 Å². The average Bonchev–Trinajstić information content (AvgIpc) is 3.06. The summed E-state index contributed by atoms with van der Waals surface area (Å²) in [6.07, 6.45) is 7.98. The third-order valence-electron chi connectivity index (χ3n) is 5.49. The topological polar surface area (TPSA) is 56.4 Å². The highest BCUT2D eigenvalue weighted by molar-refractivity contribution is 5.76. The van der Waals surface area contributed by atoms with Crippen molar-refractivity contribution in [2.75, 3.05) is 26.2 Å². The number of H-pyrrole nitrogens is 1. The molecule has 2 fully saturated rings. The highest BCUT2D eigenvalue weighted by atomic mass is 16.2. The fourth-order valence-electron chi connectivity index (χ4n) is 4.12. The number of aromatic nitrogens is 1. The number of aromatic amines is 1. The smallest absolute Gasteiger partial charge is 0.247 e. The third-order valence-corrected chi connectivity index (χ3v) is 5.49. The van der Waals surface area contributed by atoms with Gasteiger partial charge in [-0.2, -0.15) is 0 Å². The van der Waals surface area contributed by atoms with Crippen molar-refractivity contribution in [3.63, 3.8) is 0 Å². The van der Waals surface area contributed by atoms with E-state index in [1.54, 1.807) is 6.07 Å². The molecule has 2 saturated heterocycles. The number of piperidine rings is 1. The summed E-state index contributed by atoms with van der Waals surface area (Å²) in [4.78, 5) is 30.6. The van der Waals surface area contributed by atoms with Gasteiger partial charge in [-0.05, 0) is 50.1 Å². The van der Waals surface area contributed by atoms with E-state index in [-0.39, 0.29) is 5.56 Å². The molecule has 5 heteroatoms. The second kappa shape index (κ2) is 7.97. The van der Waals surface area contributed by atoms with E-state index in [1.165, 1.54) is 18.5 Å². The first-order valence-corrected chi connectivity index (χ1v) is 9.35. The Morgan fingerprint density at radius 2 is 2.00 bits per heavy atom. The number of carbonyl (C=O) groups excluding carboxylic acids is 1. The number of amides is 1. The maximum Gasteiger partial charge on any atom is 0.247 e. The van der Waals surface area contributed by atoms with Crippen LogP contribution in [-0.2, 0) is 11.2 Å². The first-order chi connectivity index (χ1) is 11.7. The predicted molar refractivity (Wildman–Crippen MR) is 95.0 cm³/mol. The van der Waals surface area contributed by atoms with Gasteiger partial charge in [0.05, 0.1) is 0 Å². The molecule has 1 unspecified atom stereocenters. The standard InChI is InChI=1S/C19H29N3O2/c1-2-3-19(24)21-10-7-17(8-11-21)22-9-6-16(14-22)12-15-4-5-18(23)20-13-15/h4-5,13,16-17H,2-3,6-12,14H2,1H3,(H,20,23). The number of hydrogen-bond donors (Lipinski definition) is 1. The number of hydrogen-bond acceptors (Lipinski definition) is 3. The van der Waals surface area contributed by atoms with Crippen LogP contribution in [0.2, 0.25) is 0 Å². The van der Waals surface area contributed by atoms with Crippen molar-refractivity contribution in [3.05, 3.63) is 34.2 Å². The van der Waals surface area contributed by atoms with Gasteiger partial charge < -0.3 is 9.88 Å². The summed E-state index contributed by atoms with van der Waals surface area (Å²) in [5.41, 5.74) is 1.19. The van der Waals surface area contributed by atoms with Crippen molar-refractivity contribution in [3.8, 4) is 0 Å². The predicted octanol–water partition coefficient (Wildman–Crippen LogP) is 2.03. The van der Waals surface area contributed by atoms with Gasteiger partial charge >= 0.3 is 0 Å². The number of nitrogens with zero attached hydrogens (tertiary/aromatic N) is 2. The molecule has 0 radical (unpaired) electrons. The largest absolute Gasteiger partial charge is 0.343 e. The van der Waals surface area contributed by atoms with Gasteiger partial charge in [-0.1, -0.05) is 13.0 Å². The zero-order valence-electron chi connectivity index (χ0n) is 14.7. The molecule has 1 aromatic rings. The highest BCUT2D eigenvalue weighted by Gasteiger charge is 2.31. The van der Waals surface area contributed by atoms with E-state index >= 15 is 0 Å². The van der Waals surface area contributed by atoms with E-state index in [4.69, 9.17) is 0 Å². The van der Waals surface area contributed by atoms with Gasteiger partial charge in [0.1, 0.15) is 0 Å². The summed E-state index contributed by atoms with van der Waals surface area (Å²) in [5, 5.41) is 0. The van der Waals surface area contributed by atoms with Crippen LogP contribution in [0.3, 0.4) is 0 Å². The minimum atomic E-state index is -0.0313. The Bertz CT molecular complexity index is 584. The minimum Gasteiger partial charge on any atom is -0.343 e. The fourth-order valence-corrected chi connectivity index (χ4v) is 4.12. The number of likely N-dealkylation sites (tertiary alicyclic amines) is 2. The van der Waals surface area contributed by atoms with Gasteiger partial charge in [0.15, 0.2) is 0 Å². The summed E-state index contributed by atoms with van der Waals surface area (Å²) < 4.78 is 0. The molecule has 0 aliphatic carbocycles. The maximum atomic E-state index is 12.0. The zero-order chi connectivity index (χ0) is 16.9. The molecule has 0 saturated carbocycles. The van der Waals surface area contributed by atoms with E-state index in [2.05, 4.69) is 16.8 Å². The lowest BCUT2D eigenvalue weighted by Crippen LogP contribution is -2.46. The lowest BCUT2D eigenvalue weighted by atomic mass is 9.99. The van der Waals surface area contributed by atoms with Crippen LogP contribution in [0.1, 0.15) is 44.6 Å². The summed E-state index contributed by atoms with van der Waals surface area (Å²) >= 11 is 0. The van der Waals surface area contributed by atoms with Crippen LogP contribution in [0.15, 0.2) is 23.1 Å². The van der Waals surface area contributed by atoms with Gasteiger partial charge in [0.25, 0.3) is 0 Å². The molecule has 132 valence electrons. The quantitative estimate of drug-likeness (QED) is 0.898. The summed E-state index contributed by atoms with van der Waals surface area (Å²) in [7, 11) is 0. The number of pyridine rings is 1. The summed E-state index contributed by atoms with van der Waals surface area (Å²) in [6.45, 7) is 6.22. The van der Waals surface area contributed by atoms with Crippen LogP contribution in [0.4, 0.5) is 0 Å². The van der Waals surface area contributed by atoms with Crippen LogP contribution in [0.25, 0.3) is 0 Å². The molecule has 5 nitrogen and oxygen atoms in total. The van der Waals surface area contributed by atoms with Crippen LogP contribution in [0, 0.1) is 5.92 Å². The Hall–Kier alpha value is -1.62. The molecule has 3 rings (SSSR count). The first kappa shape index (κ1) is 17.2. The van der Waals surface area contributed by atoms with Gasteiger partial charge in [0.2, 0.25) is 11.5 Å². The normalized spacial score (nSPS) is 22.9. The lowest BCUT2D eigenvalue weighted by Gasteiger charge is -2.37. The van der Waals surface area contributed by atoms with Crippen LogP contribution in [0.5, 0.6) is 0 Å². The van der Waals surface area contributed by atoms with Crippen molar-refractivity contribution in [1.82, 2.24) is 14.8 Å². The van der Waals surface area contributed by atoms with Gasteiger partial charge in [-0.15, -0.1) is 0 Å². The number of nitrogens with one attached hydrogen (secondary N) is 1. The molecule has 24 heavy (non-hydrogen) atoms. The highest BCUT2D eigenvalue weighted by Crippen LogP contribution is 2.26. The van der Waals surface area contributed by atoms with Crippen molar-refractivity contribution in [2.24, 2.45) is 5.92 Å². The lowest BCUT2D eigenvalue weighted by molar-refractivity contribution is -0.132. The Labute approximate surface area is 144 Å². The average molecular weight is 331 g/mol. The molecule has 2 aliphatic heterocycles. The molecule has 3 heterocycles. The van der Waals surface area contributed by atoms with Gasteiger partial charge in [-0.25, -0.2) is 0 Å². The number of carbonyl (C=O) groups is 1. The second-order valence-electron chi connectivity index (χ2n) is 7.28. The van der Waals surface area contributed by atoms with Crippen molar-refractivity contribution < 1.29 is 4.79 Å². The molecule has 1 N–H and O–H groups in total. The van der Waals surface area contributed by atoms with Gasteiger partial charge in [-0.3, -0.25) is 14.5 Å². The SMILES string of the molecule is CCCC(=O)N1CCC(N2CCC(Cc3ccc(=O)[nH]c3)C2)CC1. The molecule has 0 aromatic carbocycles. The Balaban J connectivity index is 1.45. The fraction of sp³-hybridized carbons (Fsp3) is 0.684. The third kappa shape index (κ3) is 4.26. The van der Waals surface area contributed by atoms with Crippen LogP contribution < -0.4 is 5.56 Å². The Kier molecular flexibility index (Phi) is 5.72. The zero-order valence-corrected chi connectivity index (χ0v) is 14.7.